The number of hydrogen-bond acceptors (Lipinski definition) is 6. The van der Waals surface area contributed by atoms with Gasteiger partial charge in [0.15, 0.2) is 0 Å². The lowest BCUT2D eigenvalue weighted by Gasteiger charge is -2.38. The molecule has 7 N–H and O–H groups in total. The number of nitrogens with two attached hydrogens (primary N) is 3. The van der Waals surface area contributed by atoms with Crippen molar-refractivity contribution in [2.45, 2.75) is 24.9 Å². The molecule has 1 atom stereocenters. The number of carbonyl (C=O) groups is 1. The molecule has 1 amide bonds. The van der Waals surface area contributed by atoms with Gasteiger partial charge in [0.05, 0.1) is 11.2 Å². The van der Waals surface area contributed by atoms with Crippen LogP contribution in [0, 0.1) is 11.9 Å². The van der Waals surface area contributed by atoms with Crippen molar-refractivity contribution in [3.8, 4) is 0 Å². The summed E-state index contributed by atoms with van der Waals surface area (Å²) in [5.74, 6) is -2.48. The second kappa shape index (κ2) is 10.1. The number of likely N-dealkylation sites (tertiary alicyclic amines) is 1. The first-order valence-corrected chi connectivity index (χ1v) is 11.2. The van der Waals surface area contributed by atoms with E-state index >= 15 is 0 Å². The Morgan fingerprint density at radius 2 is 2.06 bits per heavy atom. The van der Waals surface area contributed by atoms with Gasteiger partial charge >= 0.3 is 0 Å². The third kappa shape index (κ3) is 5.29. The van der Waals surface area contributed by atoms with E-state index in [9.17, 15) is 9.18 Å². The van der Waals surface area contributed by atoms with Crippen LogP contribution in [-0.2, 0) is 11.3 Å². The molecule has 4 rings (SSSR count). The second-order valence-corrected chi connectivity index (χ2v) is 8.60. The number of aromatic nitrogens is 2. The fourth-order valence-electron chi connectivity index (χ4n) is 4.24. The van der Waals surface area contributed by atoms with Crippen molar-refractivity contribution in [3.63, 3.8) is 0 Å². The van der Waals surface area contributed by atoms with Crippen LogP contribution in [0.1, 0.15) is 18.4 Å². The summed E-state index contributed by atoms with van der Waals surface area (Å²) in [6, 6.07) is 11.0. The third-order valence-corrected chi connectivity index (χ3v) is 6.33. The van der Waals surface area contributed by atoms with Gasteiger partial charge in [0.25, 0.3) is 0 Å². The average molecular weight is 465 g/mol. The number of amides is 1. The van der Waals surface area contributed by atoms with Gasteiger partial charge in [0.2, 0.25) is 11.9 Å². The maximum Gasteiger partial charge on any atom is 0.233 e. The van der Waals surface area contributed by atoms with E-state index in [0.29, 0.717) is 6.54 Å². The molecule has 2 aromatic heterocycles. The van der Waals surface area contributed by atoms with Gasteiger partial charge in [-0.05, 0) is 35.9 Å². The molecular weight excluding hydrogens is 435 g/mol. The van der Waals surface area contributed by atoms with Gasteiger partial charge in [0.1, 0.15) is 11.8 Å². The topological polar surface area (TPSA) is 152 Å². The summed E-state index contributed by atoms with van der Waals surface area (Å²) in [6.07, 6.45) is 6.12. The SMILES string of the molecule is NCC1(N=CC(C(N)=O)C(N)=Nc2ccnc(F)c2)CCN(Cc2cccc3cc[nH]c23)CC1. The Balaban J connectivity index is 1.44. The molecule has 0 bridgehead atoms. The van der Waals surface area contributed by atoms with Crippen LogP contribution < -0.4 is 17.2 Å². The number of amidine groups is 1. The predicted octanol–water partition coefficient (Wildman–Crippen LogP) is 1.86. The number of pyridine rings is 1. The first-order valence-electron chi connectivity index (χ1n) is 11.2. The maximum absolute atomic E-state index is 13.3. The molecule has 9 nitrogen and oxygen atoms in total. The number of nitrogens with one attached hydrogen (secondary N) is 1. The minimum atomic E-state index is -1.02. The van der Waals surface area contributed by atoms with E-state index in [1.54, 1.807) is 0 Å². The second-order valence-electron chi connectivity index (χ2n) is 8.60. The lowest BCUT2D eigenvalue weighted by molar-refractivity contribution is -0.118. The number of rotatable bonds is 8. The lowest BCUT2D eigenvalue weighted by Crippen LogP contribution is -2.48. The van der Waals surface area contributed by atoms with Crippen LogP contribution in [-0.4, -0.2) is 58.0 Å². The van der Waals surface area contributed by atoms with Crippen LogP contribution in [0.4, 0.5) is 10.1 Å². The van der Waals surface area contributed by atoms with E-state index in [0.717, 1.165) is 44.1 Å². The molecule has 1 saturated heterocycles. The number of para-hydroxylation sites is 1. The Bertz CT molecular complexity index is 1210. The molecule has 3 aromatic rings. The first kappa shape index (κ1) is 23.5. The van der Waals surface area contributed by atoms with Gasteiger partial charge in [0, 0.05) is 56.4 Å². The minimum Gasteiger partial charge on any atom is -0.386 e. The number of halogens is 1. The zero-order chi connectivity index (χ0) is 24.1. The number of aromatic amines is 1. The van der Waals surface area contributed by atoms with E-state index < -0.39 is 23.3 Å². The monoisotopic (exact) mass is 464 g/mol. The molecule has 178 valence electrons. The maximum atomic E-state index is 13.3. The van der Waals surface area contributed by atoms with Crippen LogP contribution >= 0.6 is 0 Å². The van der Waals surface area contributed by atoms with Crippen molar-refractivity contribution >= 4 is 34.5 Å². The Labute approximate surface area is 197 Å². The fraction of sp³-hybridized carbons (Fsp3) is 0.333. The van der Waals surface area contributed by atoms with Gasteiger partial charge in [-0.3, -0.25) is 14.7 Å². The highest BCUT2D eigenvalue weighted by Crippen LogP contribution is 2.28. The number of primary amides is 1. The van der Waals surface area contributed by atoms with Crippen molar-refractivity contribution in [2.24, 2.45) is 33.1 Å². The van der Waals surface area contributed by atoms with Gasteiger partial charge in [-0.15, -0.1) is 0 Å². The van der Waals surface area contributed by atoms with E-state index in [1.807, 2.05) is 6.20 Å². The van der Waals surface area contributed by atoms with Gasteiger partial charge in [-0.2, -0.15) is 4.39 Å². The Morgan fingerprint density at radius 3 is 2.76 bits per heavy atom. The molecule has 3 heterocycles. The van der Waals surface area contributed by atoms with Gasteiger partial charge < -0.3 is 22.2 Å². The summed E-state index contributed by atoms with van der Waals surface area (Å²) >= 11 is 0. The Morgan fingerprint density at radius 1 is 1.26 bits per heavy atom. The van der Waals surface area contributed by atoms with Crippen LogP contribution in [0.5, 0.6) is 0 Å². The molecular formula is C24H29FN8O. The molecule has 1 aliphatic rings. The summed E-state index contributed by atoms with van der Waals surface area (Å²) < 4.78 is 13.3. The molecule has 1 aliphatic heterocycles. The van der Waals surface area contributed by atoms with Gasteiger partial charge in [-0.25, -0.2) is 9.98 Å². The highest BCUT2D eigenvalue weighted by molar-refractivity contribution is 6.14. The number of piperidine rings is 1. The minimum absolute atomic E-state index is 0.0644. The molecule has 0 spiro atoms. The summed E-state index contributed by atoms with van der Waals surface area (Å²) in [5.41, 5.74) is 19.8. The predicted molar refractivity (Wildman–Crippen MR) is 131 cm³/mol. The number of hydrogen-bond donors (Lipinski definition) is 4. The van der Waals surface area contributed by atoms with Gasteiger partial charge in [-0.1, -0.05) is 18.2 Å². The smallest absolute Gasteiger partial charge is 0.233 e. The summed E-state index contributed by atoms with van der Waals surface area (Å²) in [6.45, 7) is 2.79. The number of benzene rings is 1. The number of carbonyl (C=O) groups excluding carboxylic acids is 1. The molecule has 10 heteroatoms. The lowest BCUT2D eigenvalue weighted by atomic mass is 9.87. The number of fused-ring (bicyclic) bond motifs is 1. The molecule has 1 unspecified atom stereocenters. The highest BCUT2D eigenvalue weighted by Gasteiger charge is 2.33. The number of aliphatic imine (C=N–C) groups is 2. The average Bonchev–Trinajstić information content (AvgIpc) is 3.30. The summed E-state index contributed by atoms with van der Waals surface area (Å²) in [4.78, 5) is 30.0. The molecule has 34 heavy (non-hydrogen) atoms. The van der Waals surface area contributed by atoms with Crippen molar-refractivity contribution in [1.82, 2.24) is 14.9 Å². The highest BCUT2D eigenvalue weighted by atomic mass is 19.1. The van der Waals surface area contributed by atoms with E-state index in [-0.39, 0.29) is 11.5 Å². The standard InChI is InChI=1S/C24H29FN8O/c25-20-12-18(5-9-29-20)32-22(27)19(23(28)34)13-31-24(15-26)6-10-33(11-7-24)14-17-3-1-2-16-4-8-30-21(16)17/h1-5,8-9,12-13,19,30H,6-7,10-11,14-15,26H2,(H2,28,34)(H2,27,29,32). The number of H-pyrrole nitrogens is 1. The van der Waals surface area contributed by atoms with Crippen LogP contribution in [0.3, 0.4) is 0 Å². The number of nitrogens with zero attached hydrogens (tertiary/aromatic N) is 4. The zero-order valence-corrected chi connectivity index (χ0v) is 18.8. The molecule has 1 fully saturated rings. The van der Waals surface area contributed by atoms with Crippen molar-refractivity contribution in [3.05, 3.63) is 60.3 Å². The van der Waals surface area contributed by atoms with Crippen molar-refractivity contribution in [2.75, 3.05) is 19.6 Å². The van der Waals surface area contributed by atoms with Crippen LogP contribution in [0.2, 0.25) is 0 Å². The first-order chi connectivity index (χ1) is 16.4. The molecule has 1 aromatic carbocycles. The third-order valence-electron chi connectivity index (χ3n) is 6.33. The Hall–Kier alpha value is -3.63. The summed E-state index contributed by atoms with van der Waals surface area (Å²) in [7, 11) is 0. The van der Waals surface area contributed by atoms with Crippen molar-refractivity contribution in [1.29, 1.82) is 0 Å². The van der Waals surface area contributed by atoms with Crippen LogP contribution in [0.15, 0.2) is 58.8 Å². The quantitative estimate of drug-likeness (QED) is 0.228. The van der Waals surface area contributed by atoms with Crippen molar-refractivity contribution < 1.29 is 9.18 Å². The largest absolute Gasteiger partial charge is 0.386 e. The van der Waals surface area contributed by atoms with E-state index in [2.05, 4.69) is 49.1 Å². The molecule has 0 aliphatic carbocycles. The molecule has 0 radical (unpaired) electrons. The normalized spacial score (nSPS) is 17.9. The Kier molecular flexibility index (Phi) is 6.99. The fourth-order valence-corrected chi connectivity index (χ4v) is 4.24. The summed E-state index contributed by atoms with van der Waals surface area (Å²) in [5, 5.41) is 1.20. The van der Waals surface area contributed by atoms with Crippen LogP contribution in [0.25, 0.3) is 10.9 Å². The zero-order valence-electron chi connectivity index (χ0n) is 18.8. The van der Waals surface area contributed by atoms with E-state index in [4.69, 9.17) is 17.2 Å². The molecule has 0 saturated carbocycles. The van der Waals surface area contributed by atoms with E-state index in [1.165, 1.54) is 29.4 Å².